The molecule has 4 aliphatic rings. The molecule has 0 amide bonds. The molecule has 5 rings (SSSR count). The van der Waals surface area contributed by atoms with Crippen LogP contribution in [0.15, 0.2) is 23.2 Å². The summed E-state index contributed by atoms with van der Waals surface area (Å²) in [6, 6.07) is 5.49. The van der Waals surface area contributed by atoms with Crippen LogP contribution in [-0.2, 0) is 0 Å². The molecule has 1 N–H and O–H groups in total. The lowest BCUT2D eigenvalue weighted by Crippen LogP contribution is -2.54. The molecular formula is C19H24ClNO2. The van der Waals surface area contributed by atoms with E-state index in [4.69, 9.17) is 21.3 Å². The summed E-state index contributed by atoms with van der Waals surface area (Å²) in [5.41, 5.74) is 1.01. The van der Waals surface area contributed by atoms with Gasteiger partial charge in [-0.2, -0.15) is 0 Å². The Morgan fingerprint density at radius 1 is 1.30 bits per heavy atom. The molecule has 0 heterocycles. The molecule has 4 atom stereocenters. The number of hydrogen-bond donors (Lipinski definition) is 1. The zero-order valence-electron chi connectivity index (χ0n) is 13.6. The lowest BCUT2D eigenvalue weighted by atomic mass is 9.49. The summed E-state index contributed by atoms with van der Waals surface area (Å²) in [5.74, 6) is 2.25. The Kier molecular flexibility index (Phi) is 3.60. The largest absolute Gasteiger partial charge is 0.504 e. The maximum absolute atomic E-state index is 10.2. The van der Waals surface area contributed by atoms with Gasteiger partial charge in [-0.05, 0) is 67.9 Å². The number of halogens is 1. The van der Waals surface area contributed by atoms with Crippen LogP contribution in [0.1, 0.15) is 44.1 Å². The molecule has 0 saturated heterocycles. The highest BCUT2D eigenvalue weighted by Crippen LogP contribution is 2.63. The summed E-state index contributed by atoms with van der Waals surface area (Å²) in [4.78, 5) is 4.74. The van der Waals surface area contributed by atoms with Crippen LogP contribution in [0.2, 0.25) is 0 Å². The number of ether oxygens (including phenoxy) is 1. The van der Waals surface area contributed by atoms with E-state index in [2.05, 4.69) is 0 Å². The highest BCUT2D eigenvalue weighted by Gasteiger charge is 2.56. The fourth-order valence-corrected chi connectivity index (χ4v) is 6.39. The lowest BCUT2D eigenvalue weighted by molar-refractivity contribution is -0.0336. The maximum Gasteiger partial charge on any atom is 0.166 e. The number of rotatable bonds is 4. The number of para-hydroxylation sites is 1. The second-order valence-corrected chi connectivity index (χ2v) is 8.78. The van der Waals surface area contributed by atoms with E-state index in [0.29, 0.717) is 5.75 Å². The average molecular weight is 334 g/mol. The van der Waals surface area contributed by atoms with Crippen LogP contribution in [0.5, 0.6) is 11.5 Å². The first-order chi connectivity index (χ1) is 11.0. The first-order valence-electron chi connectivity index (χ1n) is 8.56. The standard InChI is InChI=1S/C19H24ClNO2/c1-23-16-4-2-3-15(17(16)22)10-21-12-18-6-13-5-14(7-18)9-19(20,8-13)11-18/h2-4,10,13-14,22H,5-9,11-12H2,1H3/t13-,14+,18?,19?. The quantitative estimate of drug-likeness (QED) is 0.655. The summed E-state index contributed by atoms with van der Waals surface area (Å²) >= 11 is 6.87. The second kappa shape index (κ2) is 5.41. The van der Waals surface area contributed by atoms with Gasteiger partial charge >= 0.3 is 0 Å². The number of phenols is 1. The topological polar surface area (TPSA) is 41.8 Å². The molecule has 4 saturated carbocycles. The third-order valence-electron chi connectivity index (χ3n) is 6.02. The van der Waals surface area contributed by atoms with Gasteiger partial charge in [0.05, 0.1) is 7.11 Å². The smallest absolute Gasteiger partial charge is 0.166 e. The molecule has 3 nitrogen and oxygen atoms in total. The molecule has 0 spiro atoms. The molecule has 0 aromatic heterocycles. The third kappa shape index (κ3) is 2.73. The van der Waals surface area contributed by atoms with Crippen LogP contribution in [0.25, 0.3) is 0 Å². The molecule has 0 aliphatic heterocycles. The van der Waals surface area contributed by atoms with Crippen LogP contribution >= 0.6 is 11.6 Å². The van der Waals surface area contributed by atoms with Crippen molar-refractivity contribution in [2.24, 2.45) is 22.2 Å². The average Bonchev–Trinajstić information content (AvgIpc) is 2.46. The van der Waals surface area contributed by atoms with Crippen molar-refractivity contribution in [3.05, 3.63) is 23.8 Å². The predicted octanol–water partition coefficient (Wildman–Crippen LogP) is 4.40. The monoisotopic (exact) mass is 333 g/mol. The van der Waals surface area contributed by atoms with E-state index in [1.54, 1.807) is 19.4 Å². The van der Waals surface area contributed by atoms with Gasteiger partial charge in [0.2, 0.25) is 0 Å². The normalized spacial score (nSPS) is 38.3. The number of phenolic OH excluding ortho intramolecular Hbond substituents is 1. The predicted molar refractivity (Wildman–Crippen MR) is 92.8 cm³/mol. The number of methoxy groups -OCH3 is 1. The van der Waals surface area contributed by atoms with Crippen molar-refractivity contribution < 1.29 is 9.84 Å². The molecule has 4 aliphatic carbocycles. The molecule has 4 heteroatoms. The molecule has 124 valence electrons. The number of alkyl halides is 1. The first-order valence-corrected chi connectivity index (χ1v) is 8.93. The number of nitrogens with zero attached hydrogens (tertiary/aromatic N) is 1. The number of hydrogen-bond acceptors (Lipinski definition) is 3. The molecule has 4 fully saturated rings. The number of benzene rings is 1. The fourth-order valence-electron chi connectivity index (χ4n) is 5.67. The minimum atomic E-state index is 0.0394. The maximum atomic E-state index is 10.2. The second-order valence-electron chi connectivity index (χ2n) is 7.98. The van der Waals surface area contributed by atoms with Crippen LogP contribution in [0.3, 0.4) is 0 Å². The first kappa shape index (κ1) is 15.3. The van der Waals surface area contributed by atoms with Crippen molar-refractivity contribution in [3.63, 3.8) is 0 Å². The lowest BCUT2D eigenvalue weighted by Gasteiger charge is -2.59. The third-order valence-corrected chi connectivity index (χ3v) is 6.46. The van der Waals surface area contributed by atoms with Crippen LogP contribution in [0, 0.1) is 17.3 Å². The Morgan fingerprint density at radius 2 is 2.04 bits per heavy atom. The van der Waals surface area contributed by atoms with Gasteiger partial charge in [0.15, 0.2) is 11.5 Å². The van der Waals surface area contributed by atoms with Crippen LogP contribution in [-0.4, -0.2) is 29.8 Å². The minimum absolute atomic E-state index is 0.0394. The summed E-state index contributed by atoms with van der Waals surface area (Å²) in [5, 5.41) is 10.2. The Morgan fingerprint density at radius 3 is 2.70 bits per heavy atom. The summed E-state index contributed by atoms with van der Waals surface area (Å²) in [6.45, 7) is 0.825. The van der Waals surface area contributed by atoms with Gasteiger partial charge in [0.1, 0.15) is 0 Å². The zero-order chi connectivity index (χ0) is 16.1. The van der Waals surface area contributed by atoms with Crippen molar-refractivity contribution in [1.82, 2.24) is 0 Å². The van der Waals surface area contributed by atoms with Crippen LogP contribution < -0.4 is 4.74 Å². The molecule has 1 aromatic carbocycles. The Hall–Kier alpha value is -1.22. The van der Waals surface area contributed by atoms with Crippen molar-refractivity contribution >= 4 is 17.8 Å². The summed E-state index contributed by atoms with van der Waals surface area (Å²) < 4.78 is 5.15. The van der Waals surface area contributed by atoms with Crippen molar-refractivity contribution in [3.8, 4) is 11.5 Å². The number of aliphatic imine (C=N–C) groups is 1. The van der Waals surface area contributed by atoms with E-state index in [-0.39, 0.29) is 16.0 Å². The molecule has 23 heavy (non-hydrogen) atoms. The van der Waals surface area contributed by atoms with Gasteiger partial charge in [-0.15, -0.1) is 11.6 Å². The van der Waals surface area contributed by atoms with E-state index < -0.39 is 0 Å². The Bertz CT molecular complexity index is 628. The van der Waals surface area contributed by atoms with Crippen molar-refractivity contribution in [1.29, 1.82) is 0 Å². The molecular weight excluding hydrogens is 310 g/mol. The Labute approximate surface area is 142 Å². The van der Waals surface area contributed by atoms with Gasteiger partial charge in [-0.3, -0.25) is 4.99 Å². The van der Waals surface area contributed by atoms with Crippen molar-refractivity contribution in [2.75, 3.05) is 13.7 Å². The summed E-state index contributed by atoms with van der Waals surface area (Å²) in [6.07, 6.45) is 9.23. The van der Waals surface area contributed by atoms with E-state index in [0.717, 1.165) is 30.4 Å². The van der Waals surface area contributed by atoms with E-state index in [1.165, 1.54) is 32.1 Å². The minimum Gasteiger partial charge on any atom is -0.504 e. The fraction of sp³-hybridized carbons (Fsp3) is 0.632. The van der Waals surface area contributed by atoms with E-state index in [1.807, 2.05) is 12.1 Å². The van der Waals surface area contributed by atoms with Gasteiger partial charge in [0, 0.05) is 23.2 Å². The summed E-state index contributed by atoms with van der Waals surface area (Å²) in [7, 11) is 1.56. The Balaban J connectivity index is 1.51. The molecule has 2 unspecified atom stereocenters. The SMILES string of the molecule is COc1cccc(C=NCC23C[C@@H]4C[C@@H](CC(Cl)(C4)C2)C3)c1O. The highest BCUT2D eigenvalue weighted by atomic mass is 35.5. The van der Waals surface area contributed by atoms with Gasteiger partial charge in [-0.25, -0.2) is 0 Å². The number of aromatic hydroxyl groups is 1. The van der Waals surface area contributed by atoms with Gasteiger partial charge in [-0.1, -0.05) is 6.07 Å². The van der Waals surface area contributed by atoms with Gasteiger partial charge < -0.3 is 9.84 Å². The van der Waals surface area contributed by atoms with Gasteiger partial charge in [0.25, 0.3) is 0 Å². The van der Waals surface area contributed by atoms with Crippen molar-refractivity contribution in [2.45, 2.75) is 43.4 Å². The van der Waals surface area contributed by atoms with E-state index >= 15 is 0 Å². The highest BCUT2D eigenvalue weighted by molar-refractivity contribution is 6.24. The molecule has 0 radical (unpaired) electrons. The molecule has 1 aromatic rings. The van der Waals surface area contributed by atoms with Crippen LogP contribution in [0.4, 0.5) is 0 Å². The molecule has 4 bridgehead atoms. The van der Waals surface area contributed by atoms with E-state index in [9.17, 15) is 5.11 Å². The zero-order valence-corrected chi connectivity index (χ0v) is 14.4.